The Morgan fingerprint density at radius 3 is 2.50 bits per heavy atom. The summed E-state index contributed by atoms with van der Waals surface area (Å²) >= 11 is 6.11. The van der Waals surface area contributed by atoms with E-state index in [0.29, 0.717) is 11.6 Å². The zero-order valence-electron chi connectivity index (χ0n) is 11.3. The Balaban J connectivity index is 2.36. The molecule has 1 heterocycles. The predicted octanol–water partition coefficient (Wildman–Crippen LogP) is 3.25. The molecule has 0 bridgehead atoms. The topological polar surface area (TPSA) is 29.9 Å². The van der Waals surface area contributed by atoms with Crippen LogP contribution in [-0.2, 0) is 13.5 Å². The average Bonchev–Trinajstić information content (AvgIpc) is 2.73. The van der Waals surface area contributed by atoms with Gasteiger partial charge in [-0.3, -0.25) is 4.68 Å². The summed E-state index contributed by atoms with van der Waals surface area (Å²) in [6, 6.07) is 3.57. The minimum absolute atomic E-state index is 0.0516. The molecule has 0 radical (unpaired) electrons. The normalized spacial score (nSPS) is 12.7. The maximum absolute atomic E-state index is 13.8. The first-order chi connectivity index (χ1) is 9.54. The van der Waals surface area contributed by atoms with Crippen LogP contribution >= 0.6 is 11.6 Å². The second-order valence-corrected chi connectivity index (χ2v) is 4.92. The highest BCUT2D eigenvalue weighted by Gasteiger charge is 2.21. The number of likely N-dealkylation sites (N-methyl/N-ethyl adjacent to an activating group) is 1. The molecule has 1 aromatic heterocycles. The molecule has 108 valence electrons. The lowest BCUT2D eigenvalue weighted by Crippen LogP contribution is -2.26. The van der Waals surface area contributed by atoms with E-state index in [0.717, 1.165) is 5.69 Å². The van der Waals surface area contributed by atoms with Crippen molar-refractivity contribution in [2.24, 2.45) is 7.05 Å². The second kappa shape index (κ2) is 6.33. The Morgan fingerprint density at radius 2 is 2.00 bits per heavy atom. The van der Waals surface area contributed by atoms with Crippen molar-refractivity contribution in [3.63, 3.8) is 0 Å². The number of halogens is 3. The van der Waals surface area contributed by atoms with Crippen LogP contribution in [0.1, 0.15) is 24.2 Å². The van der Waals surface area contributed by atoms with Crippen molar-refractivity contribution in [3.8, 4) is 0 Å². The lowest BCUT2D eigenvalue weighted by atomic mass is 10.0. The molecule has 0 spiro atoms. The van der Waals surface area contributed by atoms with Crippen LogP contribution in [0.4, 0.5) is 8.78 Å². The van der Waals surface area contributed by atoms with Crippen LogP contribution in [-0.4, -0.2) is 16.3 Å². The van der Waals surface area contributed by atoms with Crippen LogP contribution in [0.15, 0.2) is 24.4 Å². The third kappa shape index (κ3) is 2.99. The standard InChI is InChI=1S/C14H16ClF2N3/c1-3-18-13(14-10(15)8-19-20(14)2)7-9-11(16)5-4-6-12(9)17/h4-6,8,13,18H,3,7H2,1-2H3. The van der Waals surface area contributed by atoms with E-state index in [-0.39, 0.29) is 18.0 Å². The van der Waals surface area contributed by atoms with E-state index in [2.05, 4.69) is 10.4 Å². The fraction of sp³-hybridized carbons (Fsp3) is 0.357. The van der Waals surface area contributed by atoms with Crippen LogP contribution in [0.5, 0.6) is 0 Å². The van der Waals surface area contributed by atoms with Crippen molar-refractivity contribution in [1.29, 1.82) is 0 Å². The maximum atomic E-state index is 13.8. The first kappa shape index (κ1) is 14.9. The molecule has 1 aromatic carbocycles. The number of hydrogen-bond acceptors (Lipinski definition) is 2. The summed E-state index contributed by atoms with van der Waals surface area (Å²) in [5.74, 6) is -1.10. The largest absolute Gasteiger partial charge is 0.309 e. The summed E-state index contributed by atoms with van der Waals surface area (Å²) in [7, 11) is 1.75. The predicted molar refractivity (Wildman–Crippen MR) is 74.7 cm³/mol. The average molecular weight is 300 g/mol. The van der Waals surface area contributed by atoms with Gasteiger partial charge in [0.15, 0.2) is 0 Å². The van der Waals surface area contributed by atoms with E-state index in [1.165, 1.54) is 24.4 Å². The van der Waals surface area contributed by atoms with E-state index in [4.69, 9.17) is 11.6 Å². The van der Waals surface area contributed by atoms with Crippen LogP contribution in [0.3, 0.4) is 0 Å². The van der Waals surface area contributed by atoms with Gasteiger partial charge in [0.25, 0.3) is 0 Å². The van der Waals surface area contributed by atoms with Gasteiger partial charge in [-0.25, -0.2) is 8.78 Å². The molecule has 0 aliphatic rings. The monoisotopic (exact) mass is 299 g/mol. The van der Waals surface area contributed by atoms with Crippen LogP contribution < -0.4 is 5.32 Å². The van der Waals surface area contributed by atoms with E-state index in [1.807, 2.05) is 6.92 Å². The number of benzene rings is 1. The van der Waals surface area contributed by atoms with Gasteiger partial charge in [-0.05, 0) is 25.1 Å². The Kier molecular flexibility index (Phi) is 4.73. The number of hydrogen-bond donors (Lipinski definition) is 1. The fourth-order valence-electron chi connectivity index (χ4n) is 2.26. The first-order valence-electron chi connectivity index (χ1n) is 6.38. The zero-order chi connectivity index (χ0) is 14.7. The van der Waals surface area contributed by atoms with Crippen molar-refractivity contribution in [1.82, 2.24) is 15.1 Å². The Bertz CT molecular complexity index is 558. The van der Waals surface area contributed by atoms with Crippen molar-refractivity contribution in [2.75, 3.05) is 6.54 Å². The van der Waals surface area contributed by atoms with Crippen LogP contribution in [0.2, 0.25) is 5.02 Å². The quantitative estimate of drug-likeness (QED) is 0.918. The molecule has 0 fully saturated rings. The van der Waals surface area contributed by atoms with Gasteiger partial charge in [0.2, 0.25) is 0 Å². The van der Waals surface area contributed by atoms with Gasteiger partial charge in [-0.15, -0.1) is 0 Å². The summed E-state index contributed by atoms with van der Waals surface area (Å²) in [5.41, 5.74) is 0.770. The van der Waals surface area contributed by atoms with E-state index in [9.17, 15) is 8.78 Å². The van der Waals surface area contributed by atoms with Crippen LogP contribution in [0.25, 0.3) is 0 Å². The van der Waals surface area contributed by atoms with E-state index < -0.39 is 11.6 Å². The molecule has 0 saturated heterocycles. The van der Waals surface area contributed by atoms with Crippen LogP contribution in [0, 0.1) is 11.6 Å². The molecule has 1 atom stereocenters. The molecule has 1 N–H and O–H groups in total. The third-order valence-corrected chi connectivity index (χ3v) is 3.48. The number of rotatable bonds is 5. The molecule has 3 nitrogen and oxygen atoms in total. The molecule has 1 unspecified atom stereocenters. The van der Waals surface area contributed by atoms with E-state index >= 15 is 0 Å². The molecular formula is C14H16ClF2N3. The molecule has 2 rings (SSSR count). The van der Waals surface area contributed by atoms with Crippen molar-refractivity contribution >= 4 is 11.6 Å². The summed E-state index contributed by atoms with van der Waals surface area (Å²) < 4.78 is 29.2. The fourth-order valence-corrected chi connectivity index (χ4v) is 2.55. The third-order valence-electron chi connectivity index (χ3n) is 3.19. The SMILES string of the molecule is CCNC(Cc1c(F)cccc1F)c1c(Cl)cnn1C. The van der Waals surface area contributed by atoms with Gasteiger partial charge in [0.1, 0.15) is 11.6 Å². The van der Waals surface area contributed by atoms with Crippen molar-refractivity contribution in [3.05, 3.63) is 52.3 Å². The first-order valence-corrected chi connectivity index (χ1v) is 6.76. The van der Waals surface area contributed by atoms with Gasteiger partial charge in [0.05, 0.1) is 23.0 Å². The molecule has 0 saturated carbocycles. The Labute approximate surface area is 121 Å². The molecule has 20 heavy (non-hydrogen) atoms. The molecule has 2 aromatic rings. The molecule has 0 amide bonds. The van der Waals surface area contributed by atoms with Crippen molar-refractivity contribution in [2.45, 2.75) is 19.4 Å². The van der Waals surface area contributed by atoms with Gasteiger partial charge in [-0.2, -0.15) is 5.10 Å². The zero-order valence-corrected chi connectivity index (χ0v) is 12.1. The Morgan fingerprint density at radius 1 is 1.35 bits per heavy atom. The molecular weight excluding hydrogens is 284 g/mol. The lowest BCUT2D eigenvalue weighted by molar-refractivity contribution is 0.477. The smallest absolute Gasteiger partial charge is 0.129 e. The lowest BCUT2D eigenvalue weighted by Gasteiger charge is -2.19. The number of nitrogens with zero attached hydrogens (tertiary/aromatic N) is 2. The van der Waals surface area contributed by atoms with Gasteiger partial charge < -0.3 is 5.32 Å². The summed E-state index contributed by atoms with van der Waals surface area (Å²) in [4.78, 5) is 0. The highest BCUT2D eigenvalue weighted by Crippen LogP contribution is 2.27. The molecule has 6 heteroatoms. The molecule has 0 aliphatic heterocycles. The number of aromatic nitrogens is 2. The van der Waals surface area contributed by atoms with Gasteiger partial charge in [0, 0.05) is 12.6 Å². The minimum atomic E-state index is -0.550. The van der Waals surface area contributed by atoms with E-state index in [1.54, 1.807) is 11.7 Å². The van der Waals surface area contributed by atoms with Crippen molar-refractivity contribution < 1.29 is 8.78 Å². The Hall–Kier alpha value is -1.46. The summed E-state index contributed by atoms with van der Waals surface area (Å²) in [6.45, 7) is 2.58. The minimum Gasteiger partial charge on any atom is -0.309 e. The highest BCUT2D eigenvalue weighted by atomic mass is 35.5. The summed E-state index contributed by atoms with van der Waals surface area (Å²) in [5, 5.41) is 7.74. The molecule has 0 aliphatic carbocycles. The van der Waals surface area contributed by atoms with Gasteiger partial charge >= 0.3 is 0 Å². The number of aryl methyl sites for hydroxylation is 1. The number of nitrogens with one attached hydrogen (secondary N) is 1. The maximum Gasteiger partial charge on any atom is 0.129 e. The van der Waals surface area contributed by atoms with Gasteiger partial charge in [-0.1, -0.05) is 24.6 Å². The second-order valence-electron chi connectivity index (χ2n) is 4.52. The highest BCUT2D eigenvalue weighted by molar-refractivity contribution is 6.31. The summed E-state index contributed by atoms with van der Waals surface area (Å²) in [6.07, 6.45) is 1.70.